The van der Waals surface area contributed by atoms with Gasteiger partial charge in [-0.1, -0.05) is 24.8 Å². The predicted molar refractivity (Wildman–Crippen MR) is 140 cm³/mol. The van der Waals surface area contributed by atoms with Gasteiger partial charge in [-0.2, -0.15) is 5.10 Å². The summed E-state index contributed by atoms with van der Waals surface area (Å²) in [4.78, 5) is 31.6. The summed E-state index contributed by atoms with van der Waals surface area (Å²) in [6.07, 6.45) is 3.17. The molecule has 1 unspecified atom stereocenters. The highest BCUT2D eigenvalue weighted by Crippen LogP contribution is 2.31. The lowest BCUT2D eigenvalue weighted by Gasteiger charge is -2.35. The zero-order valence-electron chi connectivity index (χ0n) is 18.3. The molecule has 0 saturated carbocycles. The Morgan fingerprint density at radius 3 is 2.72 bits per heavy atom. The van der Waals surface area contributed by atoms with Crippen molar-refractivity contribution in [1.82, 2.24) is 10.3 Å². The van der Waals surface area contributed by atoms with Crippen molar-refractivity contribution in [3.05, 3.63) is 33.9 Å². The maximum atomic E-state index is 11.8. The van der Waals surface area contributed by atoms with Gasteiger partial charge >= 0.3 is 0 Å². The van der Waals surface area contributed by atoms with Crippen molar-refractivity contribution in [2.75, 3.05) is 50.4 Å². The van der Waals surface area contributed by atoms with Gasteiger partial charge in [-0.15, -0.1) is 24.0 Å². The van der Waals surface area contributed by atoms with Crippen LogP contribution in [0.15, 0.2) is 28.3 Å². The molecule has 0 radical (unpaired) electrons. The van der Waals surface area contributed by atoms with E-state index < -0.39 is 0 Å². The lowest BCUT2D eigenvalue weighted by molar-refractivity contribution is -0.384. The number of hydrogen-bond donors (Lipinski definition) is 2. The molecule has 1 fully saturated rings. The zero-order valence-corrected chi connectivity index (χ0v) is 21.5. The molecule has 1 saturated heterocycles. The Balaban J connectivity index is 0.00000363. The number of aliphatic imine (C=N–C) groups is 1. The molecule has 0 spiro atoms. The average Bonchev–Trinajstić information content (AvgIpc) is 2.76. The minimum Gasteiger partial charge on any atom is -0.379 e. The smallest absolute Gasteiger partial charge is 0.293 e. The van der Waals surface area contributed by atoms with Gasteiger partial charge in [0.15, 0.2) is 5.17 Å². The number of hydrazone groups is 1. The van der Waals surface area contributed by atoms with Crippen LogP contribution in [0.2, 0.25) is 0 Å². The van der Waals surface area contributed by atoms with Crippen molar-refractivity contribution >= 4 is 63.9 Å². The van der Waals surface area contributed by atoms with Gasteiger partial charge < -0.3 is 10.6 Å². The number of anilines is 1. The number of nitrogens with one attached hydrogen (secondary N) is 1. The van der Waals surface area contributed by atoms with Crippen LogP contribution in [0.25, 0.3) is 0 Å². The standard InChI is InChI=1S/C20H29N7O3S.HI/c1-14-12-18(28)23-24-19(14)15-4-5-16(17(13-15)27(29)30)26-10-8-25(9-11-26)7-3-6-22-20(21)31-2;/h4-5,13-14H,3,6-12H2,1-2H3,(H2,21,22)(H,23,28);1H. The van der Waals surface area contributed by atoms with Crippen LogP contribution >= 0.6 is 35.7 Å². The third kappa shape index (κ3) is 6.78. The van der Waals surface area contributed by atoms with Gasteiger partial charge in [-0.05, 0) is 18.7 Å². The van der Waals surface area contributed by atoms with E-state index in [0.717, 1.165) is 39.1 Å². The van der Waals surface area contributed by atoms with E-state index in [0.29, 0.717) is 35.1 Å². The summed E-state index contributed by atoms with van der Waals surface area (Å²) in [6, 6.07) is 5.23. The number of carbonyl (C=O) groups excluding carboxylic acids is 1. The number of halogens is 1. The van der Waals surface area contributed by atoms with Crippen molar-refractivity contribution in [3.8, 4) is 0 Å². The van der Waals surface area contributed by atoms with Gasteiger partial charge in [0, 0.05) is 63.2 Å². The van der Waals surface area contributed by atoms with Crippen LogP contribution in [0.1, 0.15) is 25.3 Å². The second kappa shape index (κ2) is 12.3. The Hall–Kier alpha value is -1.93. The Kier molecular flexibility index (Phi) is 10.2. The highest BCUT2D eigenvalue weighted by atomic mass is 127. The van der Waals surface area contributed by atoms with Gasteiger partial charge in [0.2, 0.25) is 5.91 Å². The second-order valence-electron chi connectivity index (χ2n) is 7.70. The summed E-state index contributed by atoms with van der Waals surface area (Å²) in [5.41, 5.74) is 10.2. The van der Waals surface area contributed by atoms with Gasteiger partial charge in [-0.25, -0.2) is 5.43 Å². The lowest BCUT2D eigenvalue weighted by atomic mass is 9.93. The van der Waals surface area contributed by atoms with Crippen molar-refractivity contribution in [3.63, 3.8) is 0 Å². The van der Waals surface area contributed by atoms with E-state index in [2.05, 4.69) is 25.3 Å². The first-order valence-electron chi connectivity index (χ1n) is 10.4. The second-order valence-corrected chi connectivity index (χ2v) is 8.53. The Labute approximate surface area is 209 Å². The normalized spacial score (nSPS) is 19.8. The topological polar surface area (TPSA) is 129 Å². The molecule has 1 aromatic carbocycles. The Morgan fingerprint density at radius 1 is 1.38 bits per heavy atom. The molecule has 2 heterocycles. The molecule has 3 N–H and O–H groups in total. The largest absolute Gasteiger partial charge is 0.379 e. The fourth-order valence-corrected chi connectivity index (χ4v) is 4.08. The molecule has 0 aromatic heterocycles. The van der Waals surface area contributed by atoms with Crippen molar-refractivity contribution in [2.24, 2.45) is 21.7 Å². The van der Waals surface area contributed by atoms with Crippen LogP contribution in [-0.4, -0.2) is 72.1 Å². The number of hydrogen-bond acceptors (Lipinski definition) is 8. The lowest BCUT2D eigenvalue weighted by Crippen LogP contribution is -2.47. The first-order valence-corrected chi connectivity index (χ1v) is 11.6. The molecule has 0 bridgehead atoms. The maximum absolute atomic E-state index is 11.8. The Bertz CT molecular complexity index is 888. The van der Waals surface area contributed by atoms with Gasteiger partial charge in [-0.3, -0.25) is 24.8 Å². The van der Waals surface area contributed by atoms with Crippen molar-refractivity contribution in [2.45, 2.75) is 19.8 Å². The zero-order chi connectivity index (χ0) is 22.4. The monoisotopic (exact) mass is 575 g/mol. The fourth-order valence-electron chi connectivity index (χ4n) is 3.86. The molecule has 2 aliphatic heterocycles. The van der Waals surface area contributed by atoms with E-state index in [1.165, 1.54) is 11.8 Å². The molecule has 0 aliphatic carbocycles. The van der Waals surface area contributed by atoms with Crippen LogP contribution < -0.4 is 16.1 Å². The number of nitrogens with two attached hydrogens (primary N) is 1. The maximum Gasteiger partial charge on any atom is 0.293 e. The molecule has 3 rings (SSSR count). The van der Waals surface area contributed by atoms with Crippen LogP contribution in [0.5, 0.6) is 0 Å². The summed E-state index contributed by atoms with van der Waals surface area (Å²) < 4.78 is 0. The van der Waals surface area contributed by atoms with Crippen LogP contribution in [-0.2, 0) is 4.79 Å². The minimum atomic E-state index is -0.341. The molecule has 1 amide bonds. The summed E-state index contributed by atoms with van der Waals surface area (Å²) in [5.74, 6) is -0.224. The molecule has 176 valence electrons. The highest BCUT2D eigenvalue weighted by molar-refractivity contribution is 14.0. The molecule has 1 aromatic rings. The number of nitrogens with zero attached hydrogens (tertiary/aromatic N) is 5. The first-order chi connectivity index (χ1) is 14.9. The number of amidine groups is 1. The highest BCUT2D eigenvalue weighted by Gasteiger charge is 2.27. The predicted octanol–water partition coefficient (Wildman–Crippen LogP) is 2.26. The average molecular weight is 575 g/mol. The summed E-state index contributed by atoms with van der Waals surface area (Å²) in [6.45, 7) is 6.68. The summed E-state index contributed by atoms with van der Waals surface area (Å²) in [5, 5.41) is 16.5. The Morgan fingerprint density at radius 2 is 2.09 bits per heavy atom. The minimum absolute atomic E-state index is 0. The fraction of sp³-hybridized carbons (Fsp3) is 0.550. The van der Waals surface area contributed by atoms with Gasteiger partial charge in [0.05, 0.1) is 10.6 Å². The van der Waals surface area contributed by atoms with E-state index in [4.69, 9.17) is 5.73 Å². The van der Waals surface area contributed by atoms with Crippen molar-refractivity contribution < 1.29 is 9.72 Å². The molecule has 12 heteroatoms. The van der Waals surface area contributed by atoms with Crippen LogP contribution in [0.3, 0.4) is 0 Å². The van der Waals surface area contributed by atoms with Crippen molar-refractivity contribution in [1.29, 1.82) is 0 Å². The third-order valence-corrected chi connectivity index (χ3v) is 6.10. The molecule has 1 atom stereocenters. The molecule has 10 nitrogen and oxygen atoms in total. The van der Waals surface area contributed by atoms with Crippen LogP contribution in [0, 0.1) is 16.0 Å². The number of carbonyl (C=O) groups is 1. The third-order valence-electron chi connectivity index (χ3n) is 5.55. The molecular formula is C20H30IN7O3S. The van der Waals surface area contributed by atoms with E-state index in [9.17, 15) is 14.9 Å². The summed E-state index contributed by atoms with van der Waals surface area (Å²) >= 11 is 1.45. The number of amides is 1. The first kappa shape index (κ1) is 26.3. The van der Waals surface area contributed by atoms with E-state index in [-0.39, 0.29) is 46.4 Å². The molecular weight excluding hydrogens is 545 g/mol. The number of rotatable bonds is 7. The number of benzene rings is 1. The number of piperazine rings is 1. The molecule has 32 heavy (non-hydrogen) atoms. The quantitative estimate of drug-likeness (QED) is 0.127. The molecule has 2 aliphatic rings. The van der Waals surface area contributed by atoms with E-state index in [1.54, 1.807) is 12.1 Å². The van der Waals surface area contributed by atoms with Crippen LogP contribution in [0.4, 0.5) is 11.4 Å². The van der Waals surface area contributed by atoms with E-state index >= 15 is 0 Å². The number of nitro benzene ring substituents is 1. The van der Waals surface area contributed by atoms with Gasteiger partial charge in [0.25, 0.3) is 5.69 Å². The van der Waals surface area contributed by atoms with Gasteiger partial charge in [0.1, 0.15) is 5.69 Å². The number of nitro groups is 1. The number of thioether (sulfide) groups is 1. The van der Waals surface area contributed by atoms with E-state index in [1.807, 2.05) is 19.2 Å². The summed E-state index contributed by atoms with van der Waals surface area (Å²) in [7, 11) is 0. The SMILES string of the molecule is CSC(N)=NCCCN1CCN(c2ccc(C3=NNC(=O)CC3C)cc2[N+](=O)[O-])CC1.I.